The summed E-state index contributed by atoms with van der Waals surface area (Å²) in [6.07, 6.45) is 17.0. The molecule has 0 aromatic heterocycles. The van der Waals surface area contributed by atoms with Crippen molar-refractivity contribution in [3.8, 4) is 0 Å². The van der Waals surface area contributed by atoms with Gasteiger partial charge in [0.1, 0.15) is 0 Å². The van der Waals surface area contributed by atoms with Crippen molar-refractivity contribution in [1.29, 1.82) is 0 Å². The third-order valence-electron chi connectivity index (χ3n) is 3.28. The number of hydrogen-bond acceptors (Lipinski definition) is 2. The van der Waals surface area contributed by atoms with Crippen LogP contribution in [0.2, 0.25) is 0 Å². The van der Waals surface area contributed by atoms with Crippen molar-refractivity contribution in [1.82, 2.24) is 0 Å². The number of aliphatic carboxylic acids is 1. The van der Waals surface area contributed by atoms with Crippen molar-refractivity contribution in [3.63, 3.8) is 0 Å². The standard InChI is InChI=1S/C16H26O3/c1-2-3-8-11-14-15(19-14)12-9-6-4-5-7-10-13-16(17)18/h5-7,9,14-15H,2-4,8,10-13H2,1H3,(H,17,18). The lowest BCUT2D eigenvalue weighted by Crippen LogP contribution is -1.92. The van der Waals surface area contributed by atoms with E-state index in [-0.39, 0.29) is 6.42 Å². The van der Waals surface area contributed by atoms with Crippen LogP contribution in [0, 0.1) is 0 Å². The highest BCUT2D eigenvalue weighted by molar-refractivity contribution is 5.66. The fourth-order valence-corrected chi connectivity index (χ4v) is 2.06. The van der Waals surface area contributed by atoms with Gasteiger partial charge >= 0.3 is 5.97 Å². The van der Waals surface area contributed by atoms with Crippen LogP contribution in [0.1, 0.15) is 58.3 Å². The Kier molecular flexibility index (Phi) is 8.23. The molecule has 0 aliphatic carbocycles. The molecule has 19 heavy (non-hydrogen) atoms. The van der Waals surface area contributed by atoms with E-state index in [0.29, 0.717) is 18.6 Å². The van der Waals surface area contributed by atoms with Crippen LogP contribution in [0.3, 0.4) is 0 Å². The van der Waals surface area contributed by atoms with Gasteiger partial charge < -0.3 is 9.84 Å². The fraction of sp³-hybridized carbons (Fsp3) is 0.688. The Morgan fingerprint density at radius 3 is 2.68 bits per heavy atom. The van der Waals surface area contributed by atoms with E-state index in [0.717, 1.165) is 12.8 Å². The highest BCUT2D eigenvalue weighted by atomic mass is 16.6. The first kappa shape index (κ1) is 16.0. The maximum Gasteiger partial charge on any atom is 0.303 e. The summed E-state index contributed by atoms with van der Waals surface area (Å²) in [7, 11) is 0. The number of allylic oxidation sites excluding steroid dienone is 3. The molecule has 3 heteroatoms. The molecule has 0 radical (unpaired) electrons. The van der Waals surface area contributed by atoms with Crippen LogP contribution in [-0.4, -0.2) is 23.3 Å². The predicted molar refractivity (Wildman–Crippen MR) is 77.2 cm³/mol. The lowest BCUT2D eigenvalue weighted by atomic mass is 10.1. The number of rotatable bonds is 11. The Hall–Kier alpha value is -1.09. The third-order valence-corrected chi connectivity index (χ3v) is 3.28. The van der Waals surface area contributed by atoms with Crippen LogP contribution in [0.15, 0.2) is 24.3 Å². The zero-order chi connectivity index (χ0) is 13.9. The molecule has 0 aromatic rings. The number of unbranched alkanes of at least 4 members (excludes halogenated alkanes) is 2. The minimum atomic E-state index is -0.736. The van der Waals surface area contributed by atoms with E-state index in [1.54, 1.807) is 0 Å². The van der Waals surface area contributed by atoms with Crippen molar-refractivity contribution in [2.75, 3.05) is 0 Å². The molecule has 1 N–H and O–H groups in total. The van der Waals surface area contributed by atoms with E-state index in [2.05, 4.69) is 19.1 Å². The van der Waals surface area contributed by atoms with Gasteiger partial charge in [0.2, 0.25) is 0 Å². The Bertz CT molecular complexity index is 307. The highest BCUT2D eigenvalue weighted by Crippen LogP contribution is 2.30. The van der Waals surface area contributed by atoms with Gasteiger partial charge in [0.15, 0.2) is 0 Å². The lowest BCUT2D eigenvalue weighted by molar-refractivity contribution is -0.136. The molecule has 1 saturated heterocycles. The van der Waals surface area contributed by atoms with Gasteiger partial charge in [-0.05, 0) is 25.7 Å². The molecule has 1 rings (SSSR count). The van der Waals surface area contributed by atoms with Gasteiger partial charge in [0.05, 0.1) is 12.2 Å². The fourth-order valence-electron chi connectivity index (χ4n) is 2.06. The molecule has 0 amide bonds. The molecule has 1 aliphatic rings. The molecule has 0 spiro atoms. The average Bonchev–Trinajstić information content (AvgIpc) is 3.11. The summed E-state index contributed by atoms with van der Waals surface area (Å²) in [4.78, 5) is 10.3. The molecular formula is C16H26O3. The largest absolute Gasteiger partial charge is 0.481 e. The van der Waals surface area contributed by atoms with Crippen LogP contribution in [0.25, 0.3) is 0 Å². The van der Waals surface area contributed by atoms with Crippen LogP contribution in [0.5, 0.6) is 0 Å². The molecule has 2 atom stereocenters. The molecule has 0 saturated carbocycles. The van der Waals surface area contributed by atoms with E-state index in [1.165, 1.54) is 25.7 Å². The van der Waals surface area contributed by atoms with Crippen LogP contribution in [-0.2, 0) is 9.53 Å². The number of carbonyl (C=O) groups is 1. The topological polar surface area (TPSA) is 49.8 Å². The minimum absolute atomic E-state index is 0.218. The van der Waals surface area contributed by atoms with Crippen molar-refractivity contribution in [2.45, 2.75) is 70.5 Å². The van der Waals surface area contributed by atoms with Gasteiger partial charge in [-0.25, -0.2) is 0 Å². The number of carboxylic acids is 1. The molecule has 0 bridgehead atoms. The Balaban J connectivity index is 1.93. The van der Waals surface area contributed by atoms with E-state index in [9.17, 15) is 4.79 Å². The number of hydrogen-bond donors (Lipinski definition) is 1. The SMILES string of the molecule is CCCCCC1OC1CC=CCC=CCCC(=O)O. The summed E-state index contributed by atoms with van der Waals surface area (Å²) in [5.74, 6) is -0.736. The van der Waals surface area contributed by atoms with Gasteiger partial charge in [-0.3, -0.25) is 4.79 Å². The summed E-state index contributed by atoms with van der Waals surface area (Å²) < 4.78 is 5.60. The van der Waals surface area contributed by atoms with Gasteiger partial charge in [0.25, 0.3) is 0 Å². The zero-order valence-corrected chi connectivity index (χ0v) is 11.9. The first-order valence-corrected chi connectivity index (χ1v) is 7.41. The maximum atomic E-state index is 10.3. The van der Waals surface area contributed by atoms with E-state index in [4.69, 9.17) is 9.84 Å². The molecule has 1 heterocycles. The van der Waals surface area contributed by atoms with Crippen molar-refractivity contribution >= 4 is 5.97 Å². The molecule has 1 fully saturated rings. The molecule has 108 valence electrons. The predicted octanol–water partition coefficient (Wildman–Crippen LogP) is 4.09. The van der Waals surface area contributed by atoms with Gasteiger partial charge in [-0.2, -0.15) is 0 Å². The van der Waals surface area contributed by atoms with Crippen molar-refractivity contribution in [2.24, 2.45) is 0 Å². The van der Waals surface area contributed by atoms with Crippen molar-refractivity contribution < 1.29 is 14.6 Å². The van der Waals surface area contributed by atoms with Crippen LogP contribution in [0.4, 0.5) is 0 Å². The van der Waals surface area contributed by atoms with Crippen molar-refractivity contribution in [3.05, 3.63) is 24.3 Å². The van der Waals surface area contributed by atoms with E-state index >= 15 is 0 Å². The molecule has 1 aliphatic heterocycles. The first-order valence-electron chi connectivity index (χ1n) is 7.41. The highest BCUT2D eigenvalue weighted by Gasteiger charge is 2.36. The van der Waals surface area contributed by atoms with E-state index in [1.807, 2.05) is 12.2 Å². The van der Waals surface area contributed by atoms with Gasteiger partial charge in [-0.15, -0.1) is 0 Å². The molecular weight excluding hydrogens is 240 g/mol. The normalized spacial score (nSPS) is 22.4. The summed E-state index contributed by atoms with van der Waals surface area (Å²) in [6, 6.07) is 0. The third kappa shape index (κ3) is 8.60. The monoisotopic (exact) mass is 266 g/mol. The van der Waals surface area contributed by atoms with E-state index < -0.39 is 5.97 Å². The average molecular weight is 266 g/mol. The second-order valence-corrected chi connectivity index (χ2v) is 5.06. The Morgan fingerprint density at radius 1 is 1.16 bits per heavy atom. The lowest BCUT2D eigenvalue weighted by Gasteiger charge is -1.93. The maximum absolute atomic E-state index is 10.3. The van der Waals surface area contributed by atoms with Gasteiger partial charge in [0, 0.05) is 6.42 Å². The van der Waals surface area contributed by atoms with Crippen LogP contribution < -0.4 is 0 Å². The Morgan fingerprint density at radius 2 is 1.95 bits per heavy atom. The quantitative estimate of drug-likeness (QED) is 0.348. The van der Waals surface area contributed by atoms with Crippen LogP contribution >= 0.6 is 0 Å². The summed E-state index contributed by atoms with van der Waals surface area (Å²) >= 11 is 0. The molecule has 3 nitrogen and oxygen atoms in total. The molecule has 0 aromatic carbocycles. The molecule has 2 unspecified atom stereocenters. The number of epoxide rings is 1. The smallest absolute Gasteiger partial charge is 0.303 e. The zero-order valence-electron chi connectivity index (χ0n) is 11.9. The summed E-state index contributed by atoms with van der Waals surface area (Å²) in [5, 5.41) is 8.46. The van der Waals surface area contributed by atoms with Gasteiger partial charge in [-0.1, -0.05) is 50.5 Å². The minimum Gasteiger partial charge on any atom is -0.481 e. The summed E-state index contributed by atoms with van der Waals surface area (Å²) in [5.41, 5.74) is 0. The number of ether oxygens (including phenoxy) is 1. The second-order valence-electron chi connectivity index (χ2n) is 5.06. The summed E-state index contributed by atoms with van der Waals surface area (Å²) in [6.45, 7) is 2.22. The second kappa shape index (κ2) is 9.79. The first-order chi connectivity index (χ1) is 9.24. The number of carboxylic acid groups (broad SMARTS) is 1. The Labute approximate surface area is 116 Å².